The van der Waals surface area contributed by atoms with Crippen LogP contribution in [0.4, 0.5) is 0 Å². The van der Waals surface area contributed by atoms with Crippen LogP contribution in [0.15, 0.2) is 18.2 Å². The number of piperazine rings is 1. The number of thioether (sulfide) groups is 1. The molecule has 0 spiro atoms. The summed E-state index contributed by atoms with van der Waals surface area (Å²) < 4.78 is 0. The first-order valence-electron chi connectivity index (χ1n) is 7.19. The molecule has 1 aromatic rings. The predicted octanol–water partition coefficient (Wildman–Crippen LogP) is 2.61. The van der Waals surface area contributed by atoms with Gasteiger partial charge in [-0.3, -0.25) is 14.8 Å². The lowest BCUT2D eigenvalue weighted by molar-refractivity contribution is 0.122. The van der Waals surface area contributed by atoms with E-state index in [-0.39, 0.29) is 0 Å². The fourth-order valence-corrected chi connectivity index (χ4v) is 3.45. The second kappa shape index (κ2) is 7.27. The third-order valence-corrected chi connectivity index (χ3v) is 4.77. The molecular weight excluding hydrogens is 254 g/mol. The van der Waals surface area contributed by atoms with Gasteiger partial charge in [-0.25, -0.2) is 0 Å². The maximum atomic E-state index is 4.59. The van der Waals surface area contributed by atoms with Crippen molar-refractivity contribution in [1.82, 2.24) is 14.8 Å². The van der Waals surface area contributed by atoms with Crippen molar-refractivity contribution in [2.75, 3.05) is 31.9 Å². The van der Waals surface area contributed by atoms with Crippen LogP contribution >= 0.6 is 11.8 Å². The highest BCUT2D eigenvalue weighted by Crippen LogP contribution is 2.17. The van der Waals surface area contributed by atoms with E-state index in [0.29, 0.717) is 5.37 Å². The zero-order valence-electron chi connectivity index (χ0n) is 12.3. The first kappa shape index (κ1) is 14.8. The summed E-state index contributed by atoms with van der Waals surface area (Å²) in [6.07, 6.45) is 0. The summed E-state index contributed by atoms with van der Waals surface area (Å²) >= 11 is 2.04. The van der Waals surface area contributed by atoms with Gasteiger partial charge in [-0.05, 0) is 31.7 Å². The minimum absolute atomic E-state index is 0.657. The topological polar surface area (TPSA) is 19.4 Å². The van der Waals surface area contributed by atoms with Crippen molar-refractivity contribution < 1.29 is 0 Å². The van der Waals surface area contributed by atoms with Crippen molar-refractivity contribution in [3.05, 3.63) is 29.6 Å². The van der Waals surface area contributed by atoms with Gasteiger partial charge in [0, 0.05) is 38.4 Å². The highest BCUT2D eigenvalue weighted by molar-refractivity contribution is 7.99. The summed E-state index contributed by atoms with van der Waals surface area (Å²) in [5.74, 6) is 1.20. The minimum atomic E-state index is 0.657. The van der Waals surface area contributed by atoms with Gasteiger partial charge in [0.05, 0.1) is 11.1 Å². The zero-order valence-corrected chi connectivity index (χ0v) is 13.1. The summed E-state index contributed by atoms with van der Waals surface area (Å²) in [4.78, 5) is 9.70. The molecule has 3 nitrogen and oxygen atoms in total. The van der Waals surface area contributed by atoms with Gasteiger partial charge in [0.15, 0.2) is 0 Å². The lowest BCUT2D eigenvalue weighted by Crippen LogP contribution is -2.48. The van der Waals surface area contributed by atoms with Crippen molar-refractivity contribution in [3.8, 4) is 0 Å². The molecule has 0 aromatic carbocycles. The van der Waals surface area contributed by atoms with E-state index in [1.54, 1.807) is 0 Å². The number of aryl methyl sites for hydroxylation is 1. The van der Waals surface area contributed by atoms with Gasteiger partial charge in [0.25, 0.3) is 0 Å². The Labute approximate surface area is 121 Å². The Morgan fingerprint density at radius 2 is 2.00 bits per heavy atom. The van der Waals surface area contributed by atoms with E-state index in [2.05, 4.69) is 53.8 Å². The van der Waals surface area contributed by atoms with Crippen molar-refractivity contribution >= 4 is 11.8 Å². The molecular formula is C15H25N3S. The maximum Gasteiger partial charge on any atom is 0.0547 e. The lowest BCUT2D eigenvalue weighted by Gasteiger charge is -2.37. The number of hydrogen-bond donors (Lipinski definition) is 0. The fourth-order valence-electron chi connectivity index (χ4n) is 2.55. The van der Waals surface area contributed by atoms with Crippen molar-refractivity contribution in [3.63, 3.8) is 0 Å². The Balaban J connectivity index is 1.80. The Bertz CT molecular complexity index is 389. The van der Waals surface area contributed by atoms with E-state index in [4.69, 9.17) is 0 Å². The average molecular weight is 279 g/mol. The monoisotopic (exact) mass is 279 g/mol. The van der Waals surface area contributed by atoms with Gasteiger partial charge < -0.3 is 0 Å². The molecule has 19 heavy (non-hydrogen) atoms. The Kier molecular flexibility index (Phi) is 5.67. The molecule has 2 rings (SSSR count). The van der Waals surface area contributed by atoms with E-state index in [1.165, 1.54) is 24.5 Å². The maximum absolute atomic E-state index is 4.59. The van der Waals surface area contributed by atoms with Crippen LogP contribution in [-0.2, 0) is 6.54 Å². The van der Waals surface area contributed by atoms with Crippen molar-refractivity contribution in [2.45, 2.75) is 32.7 Å². The fraction of sp³-hybridized carbons (Fsp3) is 0.667. The Hall–Kier alpha value is -0.580. The van der Waals surface area contributed by atoms with E-state index in [1.807, 2.05) is 11.8 Å². The normalized spacial score (nSPS) is 19.5. The summed E-state index contributed by atoms with van der Waals surface area (Å²) in [5, 5.41) is 0.657. The largest absolute Gasteiger partial charge is 0.295 e. The van der Waals surface area contributed by atoms with E-state index in [0.717, 1.165) is 25.3 Å². The highest BCUT2D eigenvalue weighted by atomic mass is 32.2. The second-order valence-electron chi connectivity index (χ2n) is 5.14. The SMILES string of the molecule is CCSC(C)N1CCN(Cc2cccc(C)n2)CC1. The molecule has 1 atom stereocenters. The molecule has 1 aromatic heterocycles. The molecule has 4 heteroatoms. The molecule has 0 bridgehead atoms. The van der Waals surface area contributed by atoms with Crippen LogP contribution in [0.3, 0.4) is 0 Å². The molecule has 0 radical (unpaired) electrons. The Morgan fingerprint density at radius 1 is 1.26 bits per heavy atom. The molecule has 0 saturated carbocycles. The smallest absolute Gasteiger partial charge is 0.0547 e. The number of nitrogens with zero attached hydrogens (tertiary/aromatic N) is 3. The van der Waals surface area contributed by atoms with Crippen molar-refractivity contribution in [1.29, 1.82) is 0 Å². The molecule has 1 aliphatic rings. The van der Waals surface area contributed by atoms with Crippen LogP contribution in [0, 0.1) is 6.92 Å². The molecule has 1 aliphatic heterocycles. The number of aromatic nitrogens is 1. The van der Waals surface area contributed by atoms with Crippen LogP contribution < -0.4 is 0 Å². The van der Waals surface area contributed by atoms with E-state index < -0.39 is 0 Å². The second-order valence-corrected chi connectivity index (χ2v) is 6.73. The molecule has 2 heterocycles. The zero-order chi connectivity index (χ0) is 13.7. The van der Waals surface area contributed by atoms with Crippen molar-refractivity contribution in [2.24, 2.45) is 0 Å². The first-order chi connectivity index (χ1) is 9.19. The van der Waals surface area contributed by atoms with Gasteiger partial charge in [0.1, 0.15) is 0 Å². The summed E-state index contributed by atoms with van der Waals surface area (Å²) in [6.45, 7) is 12.3. The van der Waals surface area contributed by atoms with Gasteiger partial charge in [-0.1, -0.05) is 13.0 Å². The molecule has 0 aliphatic carbocycles. The molecule has 1 unspecified atom stereocenters. The van der Waals surface area contributed by atoms with Crippen LogP contribution in [-0.4, -0.2) is 52.1 Å². The number of hydrogen-bond acceptors (Lipinski definition) is 4. The average Bonchev–Trinajstić information content (AvgIpc) is 2.40. The van der Waals surface area contributed by atoms with Crippen LogP contribution in [0.1, 0.15) is 25.2 Å². The molecule has 106 valence electrons. The number of pyridine rings is 1. The van der Waals surface area contributed by atoms with E-state index >= 15 is 0 Å². The predicted molar refractivity (Wildman–Crippen MR) is 83.4 cm³/mol. The summed E-state index contributed by atoms with van der Waals surface area (Å²) in [5.41, 5.74) is 2.31. The highest BCUT2D eigenvalue weighted by Gasteiger charge is 2.20. The van der Waals surface area contributed by atoms with Crippen LogP contribution in [0.5, 0.6) is 0 Å². The molecule has 0 N–H and O–H groups in total. The van der Waals surface area contributed by atoms with Gasteiger partial charge in [0.2, 0.25) is 0 Å². The molecule has 1 fully saturated rings. The van der Waals surface area contributed by atoms with Gasteiger partial charge in [-0.2, -0.15) is 0 Å². The molecule has 1 saturated heterocycles. The first-order valence-corrected chi connectivity index (χ1v) is 8.24. The van der Waals surface area contributed by atoms with Crippen LogP contribution in [0.2, 0.25) is 0 Å². The third-order valence-electron chi connectivity index (χ3n) is 3.66. The lowest BCUT2D eigenvalue weighted by atomic mass is 10.2. The summed E-state index contributed by atoms with van der Waals surface area (Å²) in [7, 11) is 0. The molecule has 0 amide bonds. The summed E-state index contributed by atoms with van der Waals surface area (Å²) in [6, 6.07) is 6.30. The Morgan fingerprint density at radius 3 is 2.63 bits per heavy atom. The number of rotatable bonds is 5. The minimum Gasteiger partial charge on any atom is -0.295 e. The third kappa shape index (κ3) is 4.48. The van der Waals surface area contributed by atoms with Gasteiger partial charge >= 0.3 is 0 Å². The quantitative estimate of drug-likeness (QED) is 0.825. The van der Waals surface area contributed by atoms with Gasteiger partial charge in [-0.15, -0.1) is 11.8 Å². The van der Waals surface area contributed by atoms with Crippen LogP contribution in [0.25, 0.3) is 0 Å². The standard InChI is InChI=1S/C15H25N3S/c1-4-19-14(3)18-10-8-17(9-11-18)12-15-7-5-6-13(2)16-15/h5-7,14H,4,8-12H2,1-3H3. The van der Waals surface area contributed by atoms with E-state index in [9.17, 15) is 0 Å².